The Morgan fingerprint density at radius 1 is 1.37 bits per heavy atom. The van der Waals surface area contributed by atoms with E-state index in [1.54, 1.807) is 23.8 Å². The van der Waals surface area contributed by atoms with Crippen molar-refractivity contribution in [1.82, 2.24) is 14.5 Å². The van der Waals surface area contributed by atoms with Gasteiger partial charge in [0.25, 0.3) is 5.91 Å². The first-order valence-electron chi connectivity index (χ1n) is 8.65. The summed E-state index contributed by atoms with van der Waals surface area (Å²) in [4.78, 5) is 36.3. The van der Waals surface area contributed by atoms with Crippen molar-refractivity contribution in [3.8, 4) is 0 Å². The molecule has 0 aliphatic rings. The van der Waals surface area contributed by atoms with Crippen LogP contribution in [-0.4, -0.2) is 33.0 Å². The quantitative estimate of drug-likeness (QED) is 0.522. The van der Waals surface area contributed by atoms with Gasteiger partial charge in [-0.25, -0.2) is 9.78 Å². The number of ether oxygens (including phenoxy) is 1. The first kappa shape index (κ1) is 18.8. The van der Waals surface area contributed by atoms with Crippen LogP contribution in [0.15, 0.2) is 47.9 Å². The van der Waals surface area contributed by atoms with Gasteiger partial charge in [0.15, 0.2) is 4.80 Å². The fourth-order valence-electron chi connectivity index (χ4n) is 2.71. The Kier molecular flexibility index (Phi) is 5.97. The number of fused-ring (bicyclic) bond motifs is 1. The molecule has 3 aromatic rings. The van der Waals surface area contributed by atoms with Gasteiger partial charge in [0.05, 0.1) is 35.0 Å². The summed E-state index contributed by atoms with van der Waals surface area (Å²) in [7, 11) is 0. The topological polar surface area (TPSA) is 89.3 Å². The highest BCUT2D eigenvalue weighted by Crippen LogP contribution is 2.23. The van der Waals surface area contributed by atoms with Gasteiger partial charge >= 0.3 is 5.97 Å². The van der Waals surface area contributed by atoms with Crippen molar-refractivity contribution in [3.63, 3.8) is 0 Å². The van der Waals surface area contributed by atoms with E-state index in [1.807, 2.05) is 31.2 Å². The molecule has 3 rings (SSSR count). The van der Waals surface area contributed by atoms with E-state index in [4.69, 9.17) is 4.74 Å². The molecule has 27 heavy (non-hydrogen) atoms. The molecule has 0 bridgehead atoms. The molecule has 1 atom stereocenters. The van der Waals surface area contributed by atoms with Crippen LogP contribution in [0.1, 0.15) is 32.0 Å². The van der Waals surface area contributed by atoms with Crippen molar-refractivity contribution in [2.24, 2.45) is 4.99 Å². The number of amides is 1. The Balaban J connectivity index is 2.06. The number of aromatic amines is 1. The normalized spacial score (nSPS) is 13.3. The van der Waals surface area contributed by atoms with Gasteiger partial charge in [-0.1, -0.05) is 30.4 Å². The molecule has 2 aromatic heterocycles. The first-order valence-corrected chi connectivity index (χ1v) is 9.47. The number of aromatic nitrogens is 3. The highest BCUT2D eigenvalue weighted by molar-refractivity contribution is 7.16. The van der Waals surface area contributed by atoms with Gasteiger partial charge in [0.1, 0.15) is 6.04 Å². The highest BCUT2D eigenvalue weighted by Gasteiger charge is 2.23. The summed E-state index contributed by atoms with van der Waals surface area (Å²) >= 11 is 1.37. The van der Waals surface area contributed by atoms with E-state index in [0.29, 0.717) is 23.5 Å². The molecular formula is C19H20N4O3S. The van der Waals surface area contributed by atoms with Gasteiger partial charge < -0.3 is 14.3 Å². The average molecular weight is 384 g/mol. The standard InChI is InChI=1S/C19H20N4O3S/c1-3-14(18(25)26-4-2)23-15-7-5-6-8-16(15)27-19(23)22-17(24)10-9-13-11-20-12-21-13/h5-12,14H,3-4H2,1-2H3,(H,20,21). The van der Waals surface area contributed by atoms with Gasteiger partial charge in [-0.2, -0.15) is 4.99 Å². The number of esters is 1. The Morgan fingerprint density at radius 3 is 2.89 bits per heavy atom. The third-order valence-electron chi connectivity index (χ3n) is 3.92. The van der Waals surface area contributed by atoms with Crippen molar-refractivity contribution >= 4 is 39.5 Å². The lowest BCUT2D eigenvalue weighted by Crippen LogP contribution is -2.28. The third kappa shape index (κ3) is 4.22. The fraction of sp³-hybridized carbons (Fsp3) is 0.263. The zero-order chi connectivity index (χ0) is 19.2. The molecule has 1 aromatic carbocycles. The predicted octanol–water partition coefficient (Wildman–Crippen LogP) is 3.08. The fourth-order valence-corrected chi connectivity index (χ4v) is 3.79. The molecule has 1 N–H and O–H groups in total. The Bertz CT molecular complexity index is 1030. The van der Waals surface area contributed by atoms with Crippen LogP contribution < -0.4 is 4.80 Å². The Hall–Kier alpha value is -3.00. The van der Waals surface area contributed by atoms with Crippen LogP contribution in [0.4, 0.5) is 0 Å². The number of hydrogen-bond donors (Lipinski definition) is 1. The molecule has 2 heterocycles. The maximum Gasteiger partial charge on any atom is 0.329 e. The summed E-state index contributed by atoms with van der Waals surface area (Å²) in [6.07, 6.45) is 6.65. The lowest BCUT2D eigenvalue weighted by molar-refractivity contribution is -0.147. The molecule has 0 saturated carbocycles. The van der Waals surface area contributed by atoms with Crippen LogP contribution in [0.2, 0.25) is 0 Å². The number of carbonyl (C=O) groups is 2. The minimum absolute atomic E-state index is 0.302. The lowest BCUT2D eigenvalue weighted by atomic mass is 10.2. The number of imidazole rings is 1. The highest BCUT2D eigenvalue weighted by atomic mass is 32.1. The Morgan fingerprint density at radius 2 is 2.19 bits per heavy atom. The maximum absolute atomic E-state index is 12.4. The van der Waals surface area contributed by atoms with Crippen molar-refractivity contribution in [3.05, 3.63) is 53.4 Å². The molecule has 0 aliphatic carbocycles. The van der Waals surface area contributed by atoms with Gasteiger partial charge in [-0.05, 0) is 31.6 Å². The van der Waals surface area contributed by atoms with E-state index in [0.717, 1.165) is 10.2 Å². The van der Waals surface area contributed by atoms with Gasteiger partial charge in [-0.15, -0.1) is 0 Å². The number of H-pyrrole nitrogens is 1. The summed E-state index contributed by atoms with van der Waals surface area (Å²) in [5.41, 5.74) is 1.56. The van der Waals surface area contributed by atoms with E-state index < -0.39 is 11.9 Å². The molecule has 0 fully saturated rings. The van der Waals surface area contributed by atoms with Crippen molar-refractivity contribution in [2.75, 3.05) is 6.61 Å². The monoisotopic (exact) mass is 384 g/mol. The smallest absolute Gasteiger partial charge is 0.329 e. The number of rotatable bonds is 6. The second kappa shape index (κ2) is 8.59. The third-order valence-corrected chi connectivity index (χ3v) is 4.96. The van der Waals surface area contributed by atoms with Gasteiger partial charge in [0, 0.05) is 6.08 Å². The van der Waals surface area contributed by atoms with E-state index in [2.05, 4.69) is 15.0 Å². The number of thiazole rings is 1. The van der Waals surface area contributed by atoms with Crippen molar-refractivity contribution < 1.29 is 14.3 Å². The van der Waals surface area contributed by atoms with E-state index in [1.165, 1.54) is 23.7 Å². The molecule has 1 unspecified atom stereocenters. The average Bonchev–Trinajstić information content (AvgIpc) is 3.29. The number of nitrogens with one attached hydrogen (secondary N) is 1. The van der Waals surface area contributed by atoms with Crippen molar-refractivity contribution in [1.29, 1.82) is 0 Å². The second-order valence-electron chi connectivity index (χ2n) is 5.69. The molecule has 0 radical (unpaired) electrons. The number of hydrogen-bond acceptors (Lipinski definition) is 5. The number of nitrogens with zero attached hydrogens (tertiary/aromatic N) is 3. The van der Waals surface area contributed by atoms with Gasteiger partial charge in [0.2, 0.25) is 0 Å². The van der Waals surface area contributed by atoms with Gasteiger partial charge in [-0.3, -0.25) is 4.79 Å². The molecule has 0 aliphatic heterocycles. The SMILES string of the molecule is CCOC(=O)C(CC)n1c(=NC(=O)C=Cc2cnc[nH]2)sc2ccccc21. The van der Waals surface area contributed by atoms with E-state index >= 15 is 0 Å². The lowest BCUT2D eigenvalue weighted by Gasteiger charge is -2.16. The van der Waals surface area contributed by atoms with E-state index in [-0.39, 0.29) is 5.97 Å². The minimum Gasteiger partial charge on any atom is -0.464 e. The van der Waals surface area contributed by atoms with Crippen LogP contribution in [0.3, 0.4) is 0 Å². The van der Waals surface area contributed by atoms with Crippen molar-refractivity contribution in [2.45, 2.75) is 26.3 Å². The second-order valence-corrected chi connectivity index (χ2v) is 6.70. The van der Waals surface area contributed by atoms with Crippen LogP contribution in [0, 0.1) is 0 Å². The summed E-state index contributed by atoms with van der Waals surface area (Å²) < 4.78 is 7.96. The molecular weight excluding hydrogens is 364 g/mol. The van der Waals surface area contributed by atoms with E-state index in [9.17, 15) is 9.59 Å². The summed E-state index contributed by atoms with van der Waals surface area (Å²) in [6.45, 7) is 3.98. The first-order chi connectivity index (χ1) is 13.1. The largest absolute Gasteiger partial charge is 0.464 e. The molecule has 0 spiro atoms. The molecule has 7 nitrogen and oxygen atoms in total. The van der Waals surface area contributed by atoms with Crippen LogP contribution >= 0.6 is 11.3 Å². The molecule has 0 saturated heterocycles. The minimum atomic E-state index is -0.538. The zero-order valence-corrected chi connectivity index (χ0v) is 15.9. The molecule has 1 amide bonds. The predicted molar refractivity (Wildman–Crippen MR) is 104 cm³/mol. The molecule has 140 valence electrons. The summed E-state index contributed by atoms with van der Waals surface area (Å²) in [5, 5.41) is 0. The van der Waals surface area contributed by atoms with Crippen LogP contribution in [0.25, 0.3) is 16.3 Å². The maximum atomic E-state index is 12.4. The van der Waals surface area contributed by atoms with Crippen LogP contribution in [0.5, 0.6) is 0 Å². The Labute approximate surface area is 160 Å². The van der Waals surface area contributed by atoms with Crippen LogP contribution in [-0.2, 0) is 14.3 Å². The molecule has 8 heteroatoms. The zero-order valence-electron chi connectivity index (χ0n) is 15.1. The number of para-hydroxylation sites is 1. The number of benzene rings is 1. The summed E-state index contributed by atoms with van der Waals surface area (Å²) in [6, 6.07) is 7.13. The number of carbonyl (C=O) groups excluding carboxylic acids is 2. The summed E-state index contributed by atoms with van der Waals surface area (Å²) in [5.74, 6) is -0.742.